The van der Waals surface area contributed by atoms with Crippen molar-refractivity contribution in [3.8, 4) is 0 Å². The second-order valence-electron chi connectivity index (χ2n) is 3.84. The molecule has 0 aliphatic carbocycles. The molecule has 0 aliphatic rings. The maximum Gasteiger partial charge on any atom is 0.288 e. The van der Waals surface area contributed by atoms with Gasteiger partial charge < -0.3 is 5.32 Å². The molecule has 0 saturated carbocycles. The Morgan fingerprint density at radius 2 is 2.17 bits per heavy atom. The molecule has 0 fully saturated rings. The van der Waals surface area contributed by atoms with E-state index < -0.39 is 10.5 Å². The highest BCUT2D eigenvalue weighted by Crippen LogP contribution is 2.14. The van der Waals surface area contributed by atoms with Gasteiger partial charge in [-0.25, -0.2) is 0 Å². The van der Waals surface area contributed by atoms with E-state index in [0.29, 0.717) is 6.54 Å². The summed E-state index contributed by atoms with van der Waals surface area (Å²) in [4.78, 5) is 33.3. The van der Waals surface area contributed by atoms with Crippen LogP contribution in [0.3, 0.4) is 0 Å². The third-order valence-electron chi connectivity index (χ3n) is 2.50. The number of carbonyl (C=O) groups excluding carboxylic acids is 1. The number of hydrogen-bond acceptors (Lipinski definition) is 4. The van der Waals surface area contributed by atoms with Crippen LogP contribution in [0.1, 0.15) is 19.0 Å². The second-order valence-corrected chi connectivity index (χ2v) is 3.84. The van der Waals surface area contributed by atoms with Gasteiger partial charge in [0.25, 0.3) is 11.2 Å². The third-order valence-corrected chi connectivity index (χ3v) is 2.50. The van der Waals surface area contributed by atoms with Crippen molar-refractivity contribution in [1.29, 1.82) is 0 Å². The molecule has 0 unspecified atom stereocenters. The maximum atomic E-state index is 11.6. The van der Waals surface area contributed by atoms with E-state index in [0.717, 1.165) is 23.1 Å². The van der Waals surface area contributed by atoms with Gasteiger partial charge in [0.15, 0.2) is 0 Å². The summed E-state index contributed by atoms with van der Waals surface area (Å²) in [5.41, 5.74) is -0.415. The van der Waals surface area contributed by atoms with Crippen molar-refractivity contribution in [3.05, 3.63) is 38.3 Å². The first kappa shape index (κ1) is 13.9. The maximum absolute atomic E-state index is 11.6. The third kappa shape index (κ3) is 3.16. The van der Waals surface area contributed by atoms with Gasteiger partial charge >= 0.3 is 0 Å². The van der Waals surface area contributed by atoms with Crippen molar-refractivity contribution in [2.45, 2.75) is 26.8 Å². The monoisotopic (exact) mass is 253 g/mol. The van der Waals surface area contributed by atoms with E-state index in [1.165, 1.54) is 6.92 Å². The van der Waals surface area contributed by atoms with Crippen LogP contribution in [-0.2, 0) is 11.3 Å². The summed E-state index contributed by atoms with van der Waals surface area (Å²) in [5, 5.41) is 13.3. The summed E-state index contributed by atoms with van der Waals surface area (Å²) in [7, 11) is 0. The van der Waals surface area contributed by atoms with Gasteiger partial charge in [0.1, 0.15) is 6.54 Å². The fourth-order valence-corrected chi connectivity index (χ4v) is 1.52. The first-order valence-electron chi connectivity index (χ1n) is 5.59. The second kappa shape index (κ2) is 5.95. The molecule has 7 heteroatoms. The zero-order valence-electron chi connectivity index (χ0n) is 10.3. The van der Waals surface area contributed by atoms with E-state index >= 15 is 0 Å². The number of nitrogens with one attached hydrogen (secondary N) is 1. The van der Waals surface area contributed by atoms with Gasteiger partial charge in [-0.05, 0) is 13.3 Å². The van der Waals surface area contributed by atoms with Crippen molar-refractivity contribution in [2.75, 3.05) is 6.54 Å². The Hall–Kier alpha value is -2.18. The molecule has 7 nitrogen and oxygen atoms in total. The molecule has 1 amide bonds. The van der Waals surface area contributed by atoms with E-state index in [4.69, 9.17) is 0 Å². The number of pyridine rings is 1. The Balaban J connectivity index is 3.01. The van der Waals surface area contributed by atoms with Crippen molar-refractivity contribution in [3.63, 3.8) is 0 Å². The van der Waals surface area contributed by atoms with Crippen molar-refractivity contribution in [2.24, 2.45) is 0 Å². The standard InChI is InChI=1S/C11H15N3O4/c1-3-6-12-10(15)7-13-8(2)9(14(17)18)4-5-11(13)16/h4-5H,3,6-7H2,1-2H3,(H,12,15). The summed E-state index contributed by atoms with van der Waals surface area (Å²) in [6.45, 7) is 3.67. The Labute approximate surface area is 104 Å². The predicted octanol–water partition coefficient (Wildman–Crippen LogP) is 0.591. The number of nitrogens with zero attached hydrogens (tertiary/aromatic N) is 2. The lowest BCUT2D eigenvalue weighted by Crippen LogP contribution is -2.33. The number of amides is 1. The highest BCUT2D eigenvalue weighted by molar-refractivity contribution is 5.75. The number of carbonyl (C=O) groups is 1. The predicted molar refractivity (Wildman–Crippen MR) is 65.4 cm³/mol. The topological polar surface area (TPSA) is 94.2 Å². The first-order chi connectivity index (χ1) is 8.47. The molecule has 0 atom stereocenters. The van der Waals surface area contributed by atoms with E-state index in [2.05, 4.69) is 5.32 Å². The van der Waals surface area contributed by atoms with Crippen molar-refractivity contribution >= 4 is 11.6 Å². The summed E-state index contributed by atoms with van der Waals surface area (Å²) >= 11 is 0. The van der Waals surface area contributed by atoms with Gasteiger partial charge in [0.2, 0.25) is 5.91 Å². The molecule has 0 aromatic carbocycles. The normalized spacial score (nSPS) is 10.1. The fraction of sp³-hybridized carbons (Fsp3) is 0.455. The molecule has 1 rings (SSSR count). The molecule has 98 valence electrons. The van der Waals surface area contributed by atoms with Crippen LogP contribution in [0.15, 0.2) is 16.9 Å². The van der Waals surface area contributed by atoms with E-state index in [1.807, 2.05) is 6.92 Å². The minimum Gasteiger partial charge on any atom is -0.355 e. The number of aromatic nitrogens is 1. The highest BCUT2D eigenvalue weighted by Gasteiger charge is 2.16. The first-order valence-corrected chi connectivity index (χ1v) is 5.59. The molecular weight excluding hydrogens is 238 g/mol. The molecule has 0 bridgehead atoms. The average molecular weight is 253 g/mol. The zero-order valence-corrected chi connectivity index (χ0v) is 10.3. The molecule has 1 N–H and O–H groups in total. The Morgan fingerprint density at radius 3 is 2.72 bits per heavy atom. The van der Waals surface area contributed by atoms with Crippen LogP contribution in [0.2, 0.25) is 0 Å². The summed E-state index contributed by atoms with van der Waals surface area (Å²) in [5.74, 6) is -0.331. The van der Waals surface area contributed by atoms with Crippen LogP contribution in [0.4, 0.5) is 5.69 Å². The molecule has 0 spiro atoms. The average Bonchev–Trinajstić information content (AvgIpc) is 2.31. The zero-order chi connectivity index (χ0) is 13.7. The van der Waals surface area contributed by atoms with Gasteiger partial charge in [0, 0.05) is 18.7 Å². The SMILES string of the molecule is CCCNC(=O)Cn1c(C)c([N+](=O)[O-])ccc1=O. The minimum absolute atomic E-state index is 0.169. The quantitative estimate of drug-likeness (QED) is 0.613. The number of rotatable bonds is 5. The molecule has 1 heterocycles. The molecule has 1 aromatic rings. The molecule has 0 saturated heterocycles. The Bertz CT molecular complexity index is 522. The number of nitro groups is 1. The lowest BCUT2D eigenvalue weighted by atomic mass is 10.3. The molecule has 0 radical (unpaired) electrons. The number of hydrogen-bond donors (Lipinski definition) is 1. The van der Waals surface area contributed by atoms with Crippen LogP contribution < -0.4 is 10.9 Å². The minimum atomic E-state index is -0.574. The highest BCUT2D eigenvalue weighted by atomic mass is 16.6. The van der Waals surface area contributed by atoms with Gasteiger partial charge in [-0.3, -0.25) is 24.3 Å². The van der Waals surface area contributed by atoms with Gasteiger partial charge in [-0.1, -0.05) is 6.92 Å². The lowest BCUT2D eigenvalue weighted by Gasteiger charge is -2.09. The summed E-state index contributed by atoms with van der Waals surface area (Å²) < 4.78 is 1.10. The lowest BCUT2D eigenvalue weighted by molar-refractivity contribution is -0.386. The van der Waals surface area contributed by atoms with Crippen LogP contribution in [-0.4, -0.2) is 21.9 Å². The van der Waals surface area contributed by atoms with Crippen molar-refractivity contribution in [1.82, 2.24) is 9.88 Å². The van der Waals surface area contributed by atoms with Gasteiger partial charge in [-0.2, -0.15) is 0 Å². The van der Waals surface area contributed by atoms with Gasteiger partial charge in [0.05, 0.1) is 10.6 Å². The Kier molecular flexibility index (Phi) is 4.59. The van der Waals surface area contributed by atoms with Crippen molar-refractivity contribution < 1.29 is 9.72 Å². The molecule has 0 aliphatic heterocycles. The van der Waals surface area contributed by atoms with Crippen LogP contribution >= 0.6 is 0 Å². The van der Waals surface area contributed by atoms with Crippen LogP contribution in [0, 0.1) is 17.0 Å². The van der Waals surface area contributed by atoms with Gasteiger partial charge in [-0.15, -0.1) is 0 Å². The van der Waals surface area contributed by atoms with Crippen LogP contribution in [0.25, 0.3) is 0 Å². The Morgan fingerprint density at radius 1 is 1.50 bits per heavy atom. The summed E-state index contributed by atoms with van der Waals surface area (Å²) in [6.07, 6.45) is 0.786. The van der Waals surface area contributed by atoms with E-state index in [-0.39, 0.29) is 23.8 Å². The molecule has 18 heavy (non-hydrogen) atoms. The van der Waals surface area contributed by atoms with E-state index in [1.54, 1.807) is 0 Å². The van der Waals surface area contributed by atoms with E-state index in [9.17, 15) is 19.7 Å². The largest absolute Gasteiger partial charge is 0.355 e. The summed E-state index contributed by atoms with van der Waals surface area (Å²) in [6, 6.07) is 2.25. The molecule has 1 aromatic heterocycles. The molecular formula is C11H15N3O4. The van der Waals surface area contributed by atoms with Crippen LogP contribution in [0.5, 0.6) is 0 Å². The smallest absolute Gasteiger partial charge is 0.288 e. The fourth-order valence-electron chi connectivity index (χ4n) is 1.52.